The standard InChI is InChI=1S/C37H44N10O3/c1-25(2)50-32-11-6-27(21-40-32)34(39)30-20-29(9-10-31(30)38)47-15-13-37(36(47)49)12-14-44(23-37)22-33(48)46-18-16-45(17-19-46)28-7-4-26(5-8-28)35-41-24-43(3)42-35/h4-11,20-21,24-25,39H,12-19,22-23,38H2,1-3H3. The van der Waals surface area contributed by atoms with Crippen LogP contribution in [0.5, 0.6) is 5.88 Å². The maximum absolute atomic E-state index is 14.0. The second-order valence-corrected chi connectivity index (χ2v) is 13.8. The summed E-state index contributed by atoms with van der Waals surface area (Å²) in [7, 11) is 1.85. The number of hydrogen-bond acceptors (Lipinski definition) is 10. The second-order valence-electron chi connectivity index (χ2n) is 13.8. The van der Waals surface area contributed by atoms with Crippen LogP contribution < -0.4 is 20.3 Å². The topological polar surface area (TPSA) is 150 Å². The van der Waals surface area contributed by atoms with E-state index in [9.17, 15) is 9.59 Å². The zero-order valence-corrected chi connectivity index (χ0v) is 28.9. The van der Waals surface area contributed by atoms with Gasteiger partial charge in [0.05, 0.1) is 23.8 Å². The lowest BCUT2D eigenvalue weighted by atomic mass is 9.85. The van der Waals surface area contributed by atoms with E-state index in [0.717, 1.165) is 42.9 Å². The predicted octanol–water partition coefficient (Wildman–Crippen LogP) is 3.44. The summed E-state index contributed by atoms with van der Waals surface area (Å²) in [6.45, 7) is 8.90. The predicted molar refractivity (Wildman–Crippen MR) is 192 cm³/mol. The van der Waals surface area contributed by atoms with Crippen LogP contribution in [0.2, 0.25) is 0 Å². The van der Waals surface area contributed by atoms with E-state index in [0.29, 0.717) is 67.8 Å². The van der Waals surface area contributed by atoms with Crippen LogP contribution >= 0.6 is 0 Å². The lowest BCUT2D eigenvalue weighted by Crippen LogP contribution is -2.51. The van der Waals surface area contributed by atoms with E-state index in [1.807, 2.05) is 55.0 Å². The molecule has 3 aliphatic heterocycles. The van der Waals surface area contributed by atoms with Gasteiger partial charge in [0.2, 0.25) is 17.7 Å². The van der Waals surface area contributed by atoms with Gasteiger partial charge < -0.3 is 25.2 Å². The molecule has 0 saturated carbocycles. The van der Waals surface area contributed by atoms with Crippen LogP contribution in [0, 0.1) is 10.8 Å². The zero-order valence-electron chi connectivity index (χ0n) is 28.9. The Balaban J connectivity index is 0.932. The van der Waals surface area contributed by atoms with Crippen molar-refractivity contribution in [3.63, 3.8) is 0 Å². The molecule has 0 radical (unpaired) electrons. The maximum Gasteiger partial charge on any atom is 0.236 e. The van der Waals surface area contributed by atoms with Gasteiger partial charge in [-0.25, -0.2) is 9.97 Å². The minimum absolute atomic E-state index is 0.00240. The fourth-order valence-electron chi connectivity index (χ4n) is 7.26. The number of rotatable bonds is 9. The van der Waals surface area contributed by atoms with Gasteiger partial charge in [0.25, 0.3) is 0 Å². The SMILES string of the molecule is CC(C)Oc1ccc(C(=N)c2cc(N3CCC4(CCN(CC(=O)N5CCN(c6ccc(-c7ncn(C)n7)cc6)CC5)C4)C3=O)ccc2N)cn1. The van der Waals surface area contributed by atoms with Crippen LogP contribution in [0.4, 0.5) is 17.1 Å². The van der Waals surface area contributed by atoms with Gasteiger partial charge in [-0.05, 0) is 81.8 Å². The molecule has 0 aliphatic carbocycles. The van der Waals surface area contributed by atoms with Gasteiger partial charge >= 0.3 is 0 Å². The van der Waals surface area contributed by atoms with Gasteiger partial charge in [0.1, 0.15) is 6.33 Å². The summed E-state index contributed by atoms with van der Waals surface area (Å²) in [5, 5.41) is 13.2. The van der Waals surface area contributed by atoms with Gasteiger partial charge in [-0.3, -0.25) is 24.6 Å². The molecule has 5 heterocycles. The molecule has 3 fully saturated rings. The van der Waals surface area contributed by atoms with Crippen molar-refractivity contribution in [2.75, 3.05) is 67.9 Å². The Kier molecular flexibility index (Phi) is 9.00. The van der Waals surface area contributed by atoms with Gasteiger partial charge in [0.15, 0.2) is 5.82 Å². The molecule has 2 aromatic carbocycles. The third-order valence-corrected chi connectivity index (χ3v) is 10.0. The summed E-state index contributed by atoms with van der Waals surface area (Å²) in [5.41, 5.74) is 10.5. The van der Waals surface area contributed by atoms with Crippen molar-refractivity contribution in [1.29, 1.82) is 5.41 Å². The van der Waals surface area contributed by atoms with Crippen molar-refractivity contribution in [1.82, 2.24) is 29.5 Å². The number of anilines is 3. The number of carbonyl (C=O) groups is 2. The first kappa shape index (κ1) is 33.2. The number of nitrogens with zero attached hydrogens (tertiary/aromatic N) is 8. The lowest BCUT2D eigenvalue weighted by Gasteiger charge is -2.37. The number of amides is 2. The molecule has 2 aromatic heterocycles. The molecular formula is C37H44N10O3. The first-order valence-corrected chi connectivity index (χ1v) is 17.2. The largest absolute Gasteiger partial charge is 0.475 e. The van der Waals surface area contributed by atoms with Crippen LogP contribution in [0.15, 0.2) is 67.1 Å². The molecule has 2 amide bonds. The van der Waals surface area contributed by atoms with E-state index in [2.05, 4.69) is 37.0 Å². The minimum Gasteiger partial charge on any atom is -0.475 e. The second kappa shape index (κ2) is 13.5. The average molecular weight is 677 g/mol. The number of benzene rings is 2. The number of likely N-dealkylation sites (tertiary alicyclic amines) is 1. The molecule has 7 rings (SSSR count). The molecule has 260 valence electrons. The first-order chi connectivity index (χ1) is 24.1. The number of piperazine rings is 1. The summed E-state index contributed by atoms with van der Waals surface area (Å²) < 4.78 is 7.33. The van der Waals surface area contributed by atoms with Crippen molar-refractivity contribution in [3.8, 4) is 17.3 Å². The smallest absolute Gasteiger partial charge is 0.236 e. The molecule has 1 spiro atoms. The number of aryl methyl sites for hydroxylation is 1. The molecule has 1 unspecified atom stereocenters. The number of pyridine rings is 1. The Hall–Kier alpha value is -5.30. The van der Waals surface area contributed by atoms with E-state index in [4.69, 9.17) is 15.9 Å². The minimum atomic E-state index is -0.513. The Labute approximate surface area is 292 Å². The summed E-state index contributed by atoms with van der Waals surface area (Å²) in [4.78, 5) is 44.2. The quantitative estimate of drug-likeness (QED) is 0.201. The molecule has 0 bridgehead atoms. The summed E-state index contributed by atoms with van der Waals surface area (Å²) in [6, 6.07) is 17.2. The Morgan fingerprint density at radius 1 is 0.960 bits per heavy atom. The van der Waals surface area contributed by atoms with Gasteiger partial charge in [-0.2, -0.15) is 5.10 Å². The number of carbonyl (C=O) groups excluding carboxylic acids is 2. The van der Waals surface area contributed by atoms with Crippen LogP contribution in [0.25, 0.3) is 11.4 Å². The van der Waals surface area contributed by atoms with Crippen LogP contribution in [0.3, 0.4) is 0 Å². The summed E-state index contributed by atoms with van der Waals surface area (Å²) in [6.07, 6.45) is 4.75. The lowest BCUT2D eigenvalue weighted by molar-refractivity contribution is -0.133. The molecule has 3 N–H and O–H groups in total. The number of aromatic nitrogens is 4. The highest BCUT2D eigenvalue weighted by Gasteiger charge is 2.51. The highest BCUT2D eigenvalue weighted by atomic mass is 16.5. The van der Waals surface area contributed by atoms with Crippen molar-refractivity contribution in [2.45, 2.75) is 32.8 Å². The highest BCUT2D eigenvalue weighted by Crippen LogP contribution is 2.43. The van der Waals surface area contributed by atoms with E-state index < -0.39 is 5.41 Å². The third kappa shape index (κ3) is 6.65. The van der Waals surface area contributed by atoms with Crippen molar-refractivity contribution in [3.05, 3.63) is 78.2 Å². The van der Waals surface area contributed by atoms with E-state index in [1.54, 1.807) is 35.4 Å². The molecule has 13 heteroatoms. The summed E-state index contributed by atoms with van der Waals surface area (Å²) >= 11 is 0. The van der Waals surface area contributed by atoms with Gasteiger partial charge in [0, 0.05) is 92.3 Å². The van der Waals surface area contributed by atoms with Gasteiger partial charge in [-0.1, -0.05) is 0 Å². The average Bonchev–Trinajstić information content (AvgIpc) is 3.83. The molecule has 3 aliphatic rings. The van der Waals surface area contributed by atoms with Crippen molar-refractivity contribution >= 4 is 34.6 Å². The van der Waals surface area contributed by atoms with Crippen molar-refractivity contribution < 1.29 is 14.3 Å². The normalized spacial score (nSPS) is 19.6. The molecule has 4 aromatic rings. The van der Waals surface area contributed by atoms with Crippen LogP contribution in [0.1, 0.15) is 37.8 Å². The fourth-order valence-corrected chi connectivity index (χ4v) is 7.26. The number of nitrogens with two attached hydrogens (primary N) is 1. The monoisotopic (exact) mass is 676 g/mol. The summed E-state index contributed by atoms with van der Waals surface area (Å²) in [5.74, 6) is 1.39. The first-order valence-electron chi connectivity index (χ1n) is 17.2. The van der Waals surface area contributed by atoms with Gasteiger partial charge in [-0.15, -0.1) is 0 Å². The number of ether oxygens (including phenoxy) is 1. The number of hydrogen-bond donors (Lipinski definition) is 2. The highest BCUT2D eigenvalue weighted by molar-refractivity contribution is 6.14. The number of nitrogen functional groups attached to an aromatic ring is 1. The van der Waals surface area contributed by atoms with E-state index >= 15 is 0 Å². The molecular weight excluding hydrogens is 632 g/mol. The third-order valence-electron chi connectivity index (χ3n) is 10.0. The number of nitrogens with one attached hydrogen (secondary N) is 1. The zero-order chi connectivity index (χ0) is 35.0. The molecule has 50 heavy (non-hydrogen) atoms. The van der Waals surface area contributed by atoms with Crippen LogP contribution in [-0.4, -0.2) is 106 Å². The maximum atomic E-state index is 14.0. The molecule has 3 saturated heterocycles. The fraction of sp³-hybridized carbons (Fsp3) is 0.405. The Morgan fingerprint density at radius 2 is 1.70 bits per heavy atom. The van der Waals surface area contributed by atoms with E-state index in [1.165, 1.54) is 0 Å². The Bertz CT molecular complexity index is 1880. The molecule has 1 atom stereocenters. The Morgan fingerprint density at radius 3 is 2.38 bits per heavy atom. The van der Waals surface area contributed by atoms with Crippen LogP contribution in [-0.2, 0) is 16.6 Å². The van der Waals surface area contributed by atoms with Crippen molar-refractivity contribution in [2.24, 2.45) is 12.5 Å². The van der Waals surface area contributed by atoms with E-state index in [-0.39, 0.29) is 23.6 Å². The molecule has 13 nitrogen and oxygen atoms in total.